The number of benzene rings is 1. The molecule has 1 heterocycles. The Morgan fingerprint density at radius 2 is 1.85 bits per heavy atom. The molecule has 1 aromatic rings. The van der Waals surface area contributed by atoms with Crippen LogP contribution in [0.5, 0.6) is 0 Å². The van der Waals surface area contributed by atoms with Crippen molar-refractivity contribution in [3.8, 4) is 0 Å². The van der Waals surface area contributed by atoms with Crippen molar-refractivity contribution in [2.24, 2.45) is 0 Å². The van der Waals surface area contributed by atoms with E-state index in [0.29, 0.717) is 12.5 Å². The van der Waals surface area contributed by atoms with Gasteiger partial charge in [0.15, 0.2) is 0 Å². The van der Waals surface area contributed by atoms with Crippen LogP contribution in [-0.4, -0.2) is 24.4 Å². The molecule has 1 aromatic carbocycles. The fourth-order valence-corrected chi connectivity index (χ4v) is 2.37. The first-order chi connectivity index (χ1) is 9.63. The summed E-state index contributed by atoms with van der Waals surface area (Å²) in [5.74, 6) is -0.0724. The standard InChI is InChI=1S/C15H21N3O2/c1-11(19)17-13-4-6-14(7-5-13)18-15(20)9-8-12-3-2-10-16-12/h4-7,12,16H,2-3,8-10H2,1H3,(H,17,19)(H,18,20). The van der Waals surface area contributed by atoms with E-state index in [0.717, 1.165) is 24.3 Å². The molecule has 0 aromatic heterocycles. The van der Waals surface area contributed by atoms with Gasteiger partial charge in [-0.15, -0.1) is 0 Å². The van der Waals surface area contributed by atoms with Crippen molar-refractivity contribution in [3.63, 3.8) is 0 Å². The predicted octanol–water partition coefficient (Wildman–Crippen LogP) is 2.12. The van der Waals surface area contributed by atoms with Crippen LogP contribution in [0.3, 0.4) is 0 Å². The maximum atomic E-state index is 11.8. The highest BCUT2D eigenvalue weighted by atomic mass is 16.2. The van der Waals surface area contributed by atoms with Crippen molar-refractivity contribution >= 4 is 23.2 Å². The molecule has 0 saturated carbocycles. The molecular formula is C15H21N3O2. The van der Waals surface area contributed by atoms with Gasteiger partial charge in [-0.1, -0.05) is 0 Å². The molecule has 1 aliphatic heterocycles. The third kappa shape index (κ3) is 4.66. The fraction of sp³-hybridized carbons (Fsp3) is 0.467. The van der Waals surface area contributed by atoms with Crippen LogP contribution < -0.4 is 16.0 Å². The minimum Gasteiger partial charge on any atom is -0.326 e. The molecule has 2 amide bonds. The number of carbonyl (C=O) groups excluding carboxylic acids is 2. The molecule has 5 nitrogen and oxygen atoms in total. The molecule has 1 unspecified atom stereocenters. The van der Waals surface area contributed by atoms with E-state index in [-0.39, 0.29) is 11.8 Å². The summed E-state index contributed by atoms with van der Waals surface area (Å²) in [5, 5.41) is 8.94. The average Bonchev–Trinajstić information content (AvgIpc) is 2.91. The Hall–Kier alpha value is -1.88. The number of rotatable bonds is 5. The van der Waals surface area contributed by atoms with Gasteiger partial charge < -0.3 is 16.0 Å². The summed E-state index contributed by atoms with van der Waals surface area (Å²) in [6.45, 7) is 2.53. The van der Waals surface area contributed by atoms with Crippen molar-refractivity contribution in [1.29, 1.82) is 0 Å². The smallest absolute Gasteiger partial charge is 0.224 e. The normalized spacial score (nSPS) is 17.8. The number of nitrogens with one attached hydrogen (secondary N) is 3. The first kappa shape index (κ1) is 14.5. The van der Waals surface area contributed by atoms with Gasteiger partial charge in [0.05, 0.1) is 0 Å². The molecule has 1 fully saturated rings. The van der Waals surface area contributed by atoms with Crippen LogP contribution >= 0.6 is 0 Å². The Labute approximate surface area is 119 Å². The second kappa shape index (κ2) is 7.05. The molecule has 0 aliphatic carbocycles. The SMILES string of the molecule is CC(=O)Nc1ccc(NC(=O)CCC2CCCN2)cc1. The van der Waals surface area contributed by atoms with Gasteiger partial charge in [0.1, 0.15) is 0 Å². The monoisotopic (exact) mass is 275 g/mol. The summed E-state index contributed by atoms with van der Waals surface area (Å²) in [6.07, 6.45) is 3.79. The highest BCUT2D eigenvalue weighted by Gasteiger charge is 2.15. The molecule has 1 aliphatic rings. The minimum absolute atomic E-state index is 0.0333. The Morgan fingerprint density at radius 1 is 1.20 bits per heavy atom. The largest absolute Gasteiger partial charge is 0.326 e. The van der Waals surface area contributed by atoms with Crippen LogP contribution in [0.4, 0.5) is 11.4 Å². The zero-order valence-corrected chi connectivity index (χ0v) is 11.7. The number of carbonyl (C=O) groups is 2. The van der Waals surface area contributed by atoms with Crippen LogP contribution in [0.15, 0.2) is 24.3 Å². The topological polar surface area (TPSA) is 70.2 Å². The van der Waals surface area contributed by atoms with E-state index >= 15 is 0 Å². The van der Waals surface area contributed by atoms with E-state index in [9.17, 15) is 9.59 Å². The maximum absolute atomic E-state index is 11.8. The van der Waals surface area contributed by atoms with Crippen LogP contribution in [0.1, 0.15) is 32.6 Å². The van der Waals surface area contributed by atoms with Gasteiger partial charge in [0, 0.05) is 30.8 Å². The third-order valence-corrected chi connectivity index (χ3v) is 3.37. The van der Waals surface area contributed by atoms with Crippen molar-refractivity contribution in [3.05, 3.63) is 24.3 Å². The second-order valence-corrected chi connectivity index (χ2v) is 5.14. The number of hydrogen-bond acceptors (Lipinski definition) is 3. The molecule has 0 spiro atoms. The fourth-order valence-electron chi connectivity index (χ4n) is 2.37. The Morgan fingerprint density at radius 3 is 2.40 bits per heavy atom. The second-order valence-electron chi connectivity index (χ2n) is 5.14. The predicted molar refractivity (Wildman–Crippen MR) is 79.6 cm³/mol. The molecule has 2 rings (SSSR count). The van der Waals surface area contributed by atoms with Gasteiger partial charge in [-0.05, 0) is 50.1 Å². The van der Waals surface area contributed by atoms with Crippen molar-refractivity contribution in [1.82, 2.24) is 5.32 Å². The highest BCUT2D eigenvalue weighted by molar-refractivity contribution is 5.92. The Bertz CT molecular complexity index is 465. The molecule has 1 saturated heterocycles. The van der Waals surface area contributed by atoms with Crippen LogP contribution in [-0.2, 0) is 9.59 Å². The highest BCUT2D eigenvalue weighted by Crippen LogP contribution is 2.15. The van der Waals surface area contributed by atoms with Crippen LogP contribution in [0.2, 0.25) is 0 Å². The van der Waals surface area contributed by atoms with Gasteiger partial charge in [-0.2, -0.15) is 0 Å². The summed E-state index contributed by atoms with van der Waals surface area (Å²) in [7, 11) is 0. The van der Waals surface area contributed by atoms with Crippen LogP contribution in [0.25, 0.3) is 0 Å². The molecule has 108 valence electrons. The van der Waals surface area contributed by atoms with E-state index < -0.39 is 0 Å². The summed E-state index contributed by atoms with van der Waals surface area (Å²) in [4.78, 5) is 22.7. The first-order valence-electron chi connectivity index (χ1n) is 7.04. The Kier molecular flexibility index (Phi) is 5.12. The quantitative estimate of drug-likeness (QED) is 0.771. The molecule has 20 heavy (non-hydrogen) atoms. The average molecular weight is 275 g/mol. The van der Waals surface area contributed by atoms with Gasteiger partial charge in [0.25, 0.3) is 0 Å². The summed E-state index contributed by atoms with van der Waals surface area (Å²) in [5.41, 5.74) is 1.48. The van der Waals surface area contributed by atoms with Gasteiger partial charge in [-0.3, -0.25) is 9.59 Å². The van der Waals surface area contributed by atoms with E-state index in [1.165, 1.54) is 19.8 Å². The van der Waals surface area contributed by atoms with E-state index in [1.807, 2.05) is 0 Å². The lowest BCUT2D eigenvalue weighted by molar-refractivity contribution is -0.116. The summed E-state index contributed by atoms with van der Waals surface area (Å²) < 4.78 is 0. The minimum atomic E-state index is -0.106. The zero-order chi connectivity index (χ0) is 14.4. The third-order valence-electron chi connectivity index (χ3n) is 3.37. The summed E-state index contributed by atoms with van der Waals surface area (Å²) >= 11 is 0. The molecule has 0 radical (unpaired) electrons. The number of hydrogen-bond donors (Lipinski definition) is 3. The Balaban J connectivity index is 1.76. The molecule has 0 bridgehead atoms. The number of amides is 2. The van der Waals surface area contributed by atoms with Crippen molar-refractivity contribution in [2.45, 2.75) is 38.6 Å². The maximum Gasteiger partial charge on any atom is 0.224 e. The van der Waals surface area contributed by atoms with Gasteiger partial charge in [0.2, 0.25) is 11.8 Å². The molecule has 5 heteroatoms. The van der Waals surface area contributed by atoms with E-state index in [1.54, 1.807) is 24.3 Å². The number of anilines is 2. The van der Waals surface area contributed by atoms with Crippen LogP contribution in [0, 0.1) is 0 Å². The first-order valence-corrected chi connectivity index (χ1v) is 7.04. The lowest BCUT2D eigenvalue weighted by Gasteiger charge is -2.10. The van der Waals surface area contributed by atoms with E-state index in [2.05, 4.69) is 16.0 Å². The lowest BCUT2D eigenvalue weighted by Crippen LogP contribution is -2.23. The molecule has 3 N–H and O–H groups in total. The summed E-state index contributed by atoms with van der Waals surface area (Å²) in [6, 6.07) is 7.61. The van der Waals surface area contributed by atoms with E-state index in [4.69, 9.17) is 0 Å². The lowest BCUT2D eigenvalue weighted by atomic mass is 10.1. The van der Waals surface area contributed by atoms with Crippen molar-refractivity contribution < 1.29 is 9.59 Å². The van der Waals surface area contributed by atoms with Gasteiger partial charge >= 0.3 is 0 Å². The molecular weight excluding hydrogens is 254 g/mol. The zero-order valence-electron chi connectivity index (χ0n) is 11.7. The van der Waals surface area contributed by atoms with Crippen molar-refractivity contribution in [2.75, 3.05) is 17.2 Å². The van der Waals surface area contributed by atoms with Gasteiger partial charge in [-0.25, -0.2) is 0 Å². The molecule has 1 atom stereocenters.